The van der Waals surface area contributed by atoms with E-state index in [2.05, 4.69) is 9.97 Å². The summed E-state index contributed by atoms with van der Waals surface area (Å²) in [4.78, 5) is 20.0. The van der Waals surface area contributed by atoms with Crippen molar-refractivity contribution in [1.82, 2.24) is 9.97 Å². The van der Waals surface area contributed by atoms with E-state index in [1.54, 1.807) is 6.20 Å². The molecule has 1 unspecified atom stereocenters. The van der Waals surface area contributed by atoms with E-state index in [1.807, 2.05) is 48.5 Å². The second-order valence-corrected chi connectivity index (χ2v) is 4.99. The molecule has 104 valence electrons. The monoisotopic (exact) mass is 277 g/mol. The number of rotatable bonds is 4. The van der Waals surface area contributed by atoms with Crippen LogP contribution in [-0.2, 0) is 11.2 Å². The highest BCUT2D eigenvalue weighted by atomic mass is 16.1. The van der Waals surface area contributed by atoms with E-state index < -0.39 is 0 Å². The zero-order valence-electron chi connectivity index (χ0n) is 11.4. The Balaban J connectivity index is 1.97. The van der Waals surface area contributed by atoms with Gasteiger partial charge in [-0.1, -0.05) is 36.4 Å². The van der Waals surface area contributed by atoms with Crippen molar-refractivity contribution in [2.45, 2.75) is 12.3 Å². The number of amides is 1. The highest BCUT2D eigenvalue weighted by molar-refractivity contribution is 5.85. The van der Waals surface area contributed by atoms with E-state index in [4.69, 9.17) is 5.73 Å². The summed E-state index contributed by atoms with van der Waals surface area (Å²) in [5.74, 6) is -0.674. The Morgan fingerprint density at radius 3 is 2.71 bits per heavy atom. The molecule has 2 aromatic carbocycles. The highest BCUT2D eigenvalue weighted by Crippen LogP contribution is 2.23. The fraction of sp³-hybridized carbons (Fsp3) is 0.118. The average molecular weight is 277 g/mol. The first-order valence-corrected chi connectivity index (χ1v) is 6.77. The van der Waals surface area contributed by atoms with Gasteiger partial charge >= 0.3 is 0 Å². The maximum absolute atomic E-state index is 11.8. The van der Waals surface area contributed by atoms with Gasteiger partial charge in [-0.15, -0.1) is 0 Å². The van der Waals surface area contributed by atoms with Crippen molar-refractivity contribution in [2.75, 3.05) is 0 Å². The Kier molecular flexibility index (Phi) is 3.60. The number of benzene rings is 2. The molecule has 1 aromatic heterocycles. The van der Waals surface area contributed by atoms with E-state index in [1.165, 1.54) is 6.33 Å². The van der Waals surface area contributed by atoms with Crippen LogP contribution in [0.25, 0.3) is 10.9 Å². The Hall–Kier alpha value is -2.75. The summed E-state index contributed by atoms with van der Waals surface area (Å²) >= 11 is 0. The van der Waals surface area contributed by atoms with E-state index in [0.29, 0.717) is 6.42 Å². The number of carbonyl (C=O) groups is 1. The maximum Gasteiger partial charge on any atom is 0.225 e. The third-order valence-corrected chi connectivity index (χ3v) is 3.56. The summed E-state index contributed by atoms with van der Waals surface area (Å²) < 4.78 is 0. The van der Waals surface area contributed by atoms with Crippen LogP contribution >= 0.6 is 0 Å². The molecule has 0 radical (unpaired) electrons. The first-order valence-electron chi connectivity index (χ1n) is 6.77. The van der Waals surface area contributed by atoms with E-state index >= 15 is 0 Å². The molecule has 0 aliphatic carbocycles. The third kappa shape index (κ3) is 2.89. The van der Waals surface area contributed by atoms with Crippen LogP contribution in [0.3, 0.4) is 0 Å². The van der Waals surface area contributed by atoms with Crippen molar-refractivity contribution in [3.05, 3.63) is 72.2 Å². The number of carbonyl (C=O) groups excluding carboxylic acids is 1. The fourth-order valence-electron chi connectivity index (χ4n) is 2.45. The molecule has 21 heavy (non-hydrogen) atoms. The number of aromatic nitrogens is 2. The molecule has 4 heteroatoms. The summed E-state index contributed by atoms with van der Waals surface area (Å²) in [6.45, 7) is 0. The molecule has 0 spiro atoms. The van der Waals surface area contributed by atoms with Gasteiger partial charge in [-0.2, -0.15) is 0 Å². The Morgan fingerprint density at radius 1 is 1.14 bits per heavy atom. The quantitative estimate of drug-likeness (QED) is 0.796. The van der Waals surface area contributed by atoms with Crippen molar-refractivity contribution in [3.63, 3.8) is 0 Å². The number of nitrogens with two attached hydrogens (primary N) is 1. The minimum atomic E-state index is -0.350. The third-order valence-electron chi connectivity index (χ3n) is 3.56. The molecule has 0 saturated heterocycles. The molecule has 0 saturated carbocycles. The van der Waals surface area contributed by atoms with E-state index in [9.17, 15) is 4.79 Å². The van der Waals surface area contributed by atoms with Crippen LogP contribution < -0.4 is 5.73 Å². The molecule has 0 bridgehead atoms. The van der Waals surface area contributed by atoms with Crippen molar-refractivity contribution in [1.29, 1.82) is 0 Å². The summed E-state index contributed by atoms with van der Waals surface area (Å²) in [7, 11) is 0. The van der Waals surface area contributed by atoms with Gasteiger partial charge in [0, 0.05) is 11.6 Å². The number of primary amides is 1. The molecule has 0 aliphatic rings. The molecule has 0 fully saturated rings. The molecule has 3 aromatic rings. The molecule has 1 atom stereocenters. The normalized spacial score (nSPS) is 12.2. The summed E-state index contributed by atoms with van der Waals surface area (Å²) in [6, 6.07) is 15.6. The van der Waals surface area contributed by atoms with Crippen LogP contribution in [0, 0.1) is 0 Å². The van der Waals surface area contributed by atoms with Crippen LogP contribution in [0.1, 0.15) is 17.0 Å². The molecular formula is C17H15N3O. The van der Waals surface area contributed by atoms with E-state index in [-0.39, 0.29) is 11.8 Å². The van der Waals surface area contributed by atoms with Gasteiger partial charge in [0.15, 0.2) is 0 Å². The van der Waals surface area contributed by atoms with Gasteiger partial charge in [-0.25, -0.2) is 9.97 Å². The first-order chi connectivity index (χ1) is 10.2. The van der Waals surface area contributed by atoms with Crippen molar-refractivity contribution >= 4 is 16.8 Å². The lowest BCUT2D eigenvalue weighted by Crippen LogP contribution is -2.23. The molecular weight excluding hydrogens is 262 g/mol. The van der Waals surface area contributed by atoms with Crippen LogP contribution in [0.4, 0.5) is 0 Å². The lowest BCUT2D eigenvalue weighted by molar-refractivity contribution is -0.119. The number of nitrogens with zero attached hydrogens (tertiary/aromatic N) is 2. The number of fused-ring (bicyclic) bond motifs is 1. The van der Waals surface area contributed by atoms with Gasteiger partial charge in [0.05, 0.1) is 11.4 Å². The second-order valence-electron chi connectivity index (χ2n) is 4.99. The average Bonchev–Trinajstić information content (AvgIpc) is 2.53. The van der Waals surface area contributed by atoms with Crippen LogP contribution in [0.5, 0.6) is 0 Å². The van der Waals surface area contributed by atoms with Gasteiger partial charge in [0.1, 0.15) is 6.33 Å². The summed E-state index contributed by atoms with van der Waals surface area (Å²) in [5.41, 5.74) is 8.43. The smallest absolute Gasteiger partial charge is 0.225 e. The lowest BCUT2D eigenvalue weighted by Gasteiger charge is -2.14. The lowest BCUT2D eigenvalue weighted by atomic mass is 9.91. The van der Waals surface area contributed by atoms with Gasteiger partial charge < -0.3 is 5.73 Å². The second kappa shape index (κ2) is 5.71. The molecule has 2 N–H and O–H groups in total. The predicted molar refractivity (Wildman–Crippen MR) is 81.6 cm³/mol. The van der Waals surface area contributed by atoms with Crippen LogP contribution in [0.2, 0.25) is 0 Å². The minimum absolute atomic E-state index is 0.324. The minimum Gasteiger partial charge on any atom is -0.369 e. The predicted octanol–water partition coefficient (Wildman–Crippen LogP) is 2.44. The summed E-state index contributed by atoms with van der Waals surface area (Å²) in [6.07, 6.45) is 3.85. The number of hydrogen-bond acceptors (Lipinski definition) is 3. The van der Waals surface area contributed by atoms with Crippen molar-refractivity contribution in [2.24, 2.45) is 5.73 Å². The fourth-order valence-corrected chi connectivity index (χ4v) is 2.45. The topological polar surface area (TPSA) is 68.9 Å². The molecule has 0 aliphatic heterocycles. The van der Waals surface area contributed by atoms with Gasteiger partial charge in [0.2, 0.25) is 5.91 Å². The largest absolute Gasteiger partial charge is 0.369 e. The molecule has 1 heterocycles. The Labute approximate surface area is 122 Å². The van der Waals surface area contributed by atoms with Crippen molar-refractivity contribution in [3.8, 4) is 0 Å². The van der Waals surface area contributed by atoms with Gasteiger partial charge in [0.25, 0.3) is 0 Å². The first kappa shape index (κ1) is 13.2. The summed E-state index contributed by atoms with van der Waals surface area (Å²) in [5, 5.41) is 0.911. The van der Waals surface area contributed by atoms with Crippen LogP contribution in [-0.4, -0.2) is 15.9 Å². The Bertz CT molecular complexity index is 771. The SMILES string of the molecule is NC(=O)C(Cc1ccccc1)c1ccc2ncncc2c1. The molecule has 3 rings (SSSR count). The van der Waals surface area contributed by atoms with Gasteiger partial charge in [-0.3, -0.25) is 4.79 Å². The standard InChI is InChI=1S/C17H15N3O/c18-17(21)15(8-12-4-2-1-3-5-12)13-6-7-16-14(9-13)10-19-11-20-16/h1-7,9-11,15H,8H2,(H2,18,21). The highest BCUT2D eigenvalue weighted by Gasteiger charge is 2.18. The zero-order valence-corrected chi connectivity index (χ0v) is 11.4. The zero-order chi connectivity index (χ0) is 14.7. The molecule has 4 nitrogen and oxygen atoms in total. The van der Waals surface area contributed by atoms with Crippen LogP contribution in [0.15, 0.2) is 61.1 Å². The van der Waals surface area contributed by atoms with Gasteiger partial charge in [-0.05, 0) is 29.7 Å². The Morgan fingerprint density at radius 2 is 1.95 bits per heavy atom. The van der Waals surface area contributed by atoms with E-state index in [0.717, 1.165) is 22.0 Å². The molecule has 1 amide bonds. The maximum atomic E-state index is 11.8. The number of hydrogen-bond donors (Lipinski definition) is 1. The van der Waals surface area contributed by atoms with Crippen molar-refractivity contribution < 1.29 is 4.79 Å².